The number of aryl methyl sites for hydroxylation is 1. The van der Waals surface area contributed by atoms with Crippen molar-refractivity contribution in [3.63, 3.8) is 0 Å². The van der Waals surface area contributed by atoms with Crippen molar-refractivity contribution in [1.29, 1.82) is 5.26 Å². The average molecular weight is 304 g/mol. The lowest BCUT2D eigenvalue weighted by Gasteiger charge is -2.34. The molecule has 0 amide bonds. The Hall–Kier alpha value is -2.11. The second kappa shape index (κ2) is 6.56. The second-order valence-corrected chi connectivity index (χ2v) is 6.89. The van der Waals surface area contributed by atoms with Crippen LogP contribution in [0.3, 0.4) is 0 Å². The molecule has 2 heteroatoms. The number of fused-ring (bicyclic) bond motifs is 1. The maximum atomic E-state index is 9.81. The third-order valence-corrected chi connectivity index (χ3v) is 4.90. The van der Waals surface area contributed by atoms with Crippen molar-refractivity contribution in [2.75, 3.05) is 0 Å². The third-order valence-electron chi connectivity index (χ3n) is 4.90. The highest BCUT2D eigenvalue weighted by Gasteiger charge is 2.34. The van der Waals surface area contributed by atoms with Gasteiger partial charge >= 0.3 is 0 Å². The lowest BCUT2D eigenvalue weighted by Crippen LogP contribution is -2.48. The molecule has 0 bridgehead atoms. The number of nitrogens with zero attached hydrogens (tertiary/aromatic N) is 1. The molecule has 1 atom stereocenters. The smallest absolute Gasteiger partial charge is 0.111 e. The molecule has 0 spiro atoms. The van der Waals surface area contributed by atoms with Gasteiger partial charge in [0.15, 0.2) is 0 Å². The molecule has 1 unspecified atom stereocenters. The van der Waals surface area contributed by atoms with E-state index in [0.717, 1.165) is 25.8 Å². The van der Waals surface area contributed by atoms with Gasteiger partial charge in [-0.15, -0.1) is 0 Å². The second-order valence-electron chi connectivity index (χ2n) is 6.89. The molecule has 1 aliphatic carbocycles. The predicted molar refractivity (Wildman–Crippen MR) is 94.2 cm³/mol. The van der Waals surface area contributed by atoms with E-state index in [-0.39, 0.29) is 0 Å². The topological polar surface area (TPSA) is 35.8 Å². The summed E-state index contributed by atoms with van der Waals surface area (Å²) in [5.41, 5.74) is 4.88. The van der Waals surface area contributed by atoms with E-state index in [2.05, 4.69) is 55.6 Å². The lowest BCUT2D eigenvalue weighted by molar-refractivity contribution is 0.364. The summed E-state index contributed by atoms with van der Waals surface area (Å²) < 4.78 is 0. The van der Waals surface area contributed by atoms with Gasteiger partial charge in [0.25, 0.3) is 0 Å². The van der Waals surface area contributed by atoms with Gasteiger partial charge in [0.1, 0.15) is 5.54 Å². The van der Waals surface area contributed by atoms with Gasteiger partial charge < -0.3 is 0 Å². The molecule has 1 N–H and O–H groups in total. The van der Waals surface area contributed by atoms with E-state index in [1.165, 1.54) is 22.3 Å². The van der Waals surface area contributed by atoms with E-state index in [0.29, 0.717) is 5.92 Å². The highest BCUT2D eigenvalue weighted by atomic mass is 15.0. The number of hydrogen-bond donors (Lipinski definition) is 1. The molecule has 23 heavy (non-hydrogen) atoms. The molecule has 0 fully saturated rings. The van der Waals surface area contributed by atoms with Crippen LogP contribution in [0.15, 0.2) is 48.5 Å². The van der Waals surface area contributed by atoms with Crippen LogP contribution in [-0.4, -0.2) is 5.54 Å². The van der Waals surface area contributed by atoms with Gasteiger partial charge in [-0.3, -0.25) is 5.32 Å². The fourth-order valence-electron chi connectivity index (χ4n) is 3.33. The molecule has 0 heterocycles. The van der Waals surface area contributed by atoms with Gasteiger partial charge in [0.05, 0.1) is 6.07 Å². The highest BCUT2D eigenvalue weighted by molar-refractivity contribution is 5.39. The molecule has 1 aliphatic rings. The van der Waals surface area contributed by atoms with Crippen molar-refractivity contribution < 1.29 is 0 Å². The number of nitrogens with one attached hydrogen (secondary N) is 1. The van der Waals surface area contributed by atoms with E-state index in [1.807, 2.05) is 18.2 Å². The van der Waals surface area contributed by atoms with Gasteiger partial charge in [0, 0.05) is 13.0 Å². The van der Waals surface area contributed by atoms with Crippen LogP contribution in [0.25, 0.3) is 0 Å². The van der Waals surface area contributed by atoms with Crippen LogP contribution < -0.4 is 5.32 Å². The molecule has 3 rings (SSSR count). The largest absolute Gasteiger partial charge is 0.295 e. The third kappa shape index (κ3) is 3.46. The zero-order valence-corrected chi connectivity index (χ0v) is 14.0. The van der Waals surface area contributed by atoms with Gasteiger partial charge in [-0.25, -0.2) is 0 Å². The Morgan fingerprint density at radius 1 is 1.13 bits per heavy atom. The summed E-state index contributed by atoms with van der Waals surface area (Å²) >= 11 is 0. The molecule has 0 saturated heterocycles. The van der Waals surface area contributed by atoms with Crippen molar-refractivity contribution in [2.45, 2.75) is 51.1 Å². The van der Waals surface area contributed by atoms with Crippen LogP contribution in [0.4, 0.5) is 0 Å². The monoisotopic (exact) mass is 304 g/mol. The van der Waals surface area contributed by atoms with E-state index < -0.39 is 5.54 Å². The standard InChI is InChI=1S/C21H24N2/c1-16(2)19-9-8-18-10-11-21(15-22,13-20(18)12-19)23-14-17-6-4-3-5-7-17/h3-9,12,16,23H,10-11,13-14H2,1-2H3. The fourth-order valence-corrected chi connectivity index (χ4v) is 3.33. The summed E-state index contributed by atoms with van der Waals surface area (Å²) in [7, 11) is 0. The highest BCUT2D eigenvalue weighted by Crippen LogP contribution is 2.31. The van der Waals surface area contributed by atoms with Crippen molar-refractivity contribution in [2.24, 2.45) is 0 Å². The van der Waals surface area contributed by atoms with Gasteiger partial charge in [-0.1, -0.05) is 62.4 Å². The molecule has 0 radical (unpaired) electrons. The minimum absolute atomic E-state index is 0.446. The first kappa shape index (κ1) is 15.8. The normalized spacial score (nSPS) is 20.1. The molecule has 2 aromatic rings. The zero-order chi connectivity index (χ0) is 16.3. The van der Waals surface area contributed by atoms with Crippen molar-refractivity contribution in [1.82, 2.24) is 5.32 Å². The van der Waals surface area contributed by atoms with Gasteiger partial charge in [0.2, 0.25) is 0 Å². The van der Waals surface area contributed by atoms with Crippen molar-refractivity contribution >= 4 is 0 Å². The van der Waals surface area contributed by atoms with Crippen LogP contribution in [-0.2, 0) is 19.4 Å². The van der Waals surface area contributed by atoms with Gasteiger partial charge in [-0.05, 0) is 41.0 Å². The Kier molecular flexibility index (Phi) is 4.50. The quantitative estimate of drug-likeness (QED) is 0.911. The molecule has 0 saturated carbocycles. The summed E-state index contributed by atoms with van der Waals surface area (Å²) in [6, 6.07) is 19.7. The maximum absolute atomic E-state index is 9.81. The number of hydrogen-bond acceptors (Lipinski definition) is 2. The molecular formula is C21H24N2. The first-order chi connectivity index (χ1) is 11.1. The number of nitriles is 1. The molecule has 118 valence electrons. The number of rotatable bonds is 4. The average Bonchev–Trinajstić information content (AvgIpc) is 2.60. The summed E-state index contributed by atoms with van der Waals surface area (Å²) in [5, 5.41) is 13.3. The molecule has 0 aromatic heterocycles. The Balaban J connectivity index is 1.79. The van der Waals surface area contributed by atoms with Crippen LogP contribution in [0.2, 0.25) is 0 Å². The Bertz CT molecular complexity index is 712. The van der Waals surface area contributed by atoms with Crippen molar-refractivity contribution in [3.8, 4) is 6.07 Å². The summed E-state index contributed by atoms with van der Waals surface area (Å²) in [6.45, 7) is 5.18. The first-order valence-electron chi connectivity index (χ1n) is 8.44. The first-order valence-corrected chi connectivity index (χ1v) is 8.44. The van der Waals surface area contributed by atoms with E-state index in [4.69, 9.17) is 0 Å². The SMILES string of the molecule is CC(C)c1ccc2c(c1)CC(C#N)(NCc1ccccc1)CC2. The zero-order valence-electron chi connectivity index (χ0n) is 14.0. The van der Waals surface area contributed by atoms with Crippen LogP contribution in [0, 0.1) is 11.3 Å². The Labute approximate surface area is 139 Å². The minimum atomic E-state index is -0.446. The Morgan fingerprint density at radius 2 is 1.91 bits per heavy atom. The maximum Gasteiger partial charge on any atom is 0.111 e. The fraction of sp³-hybridized carbons (Fsp3) is 0.381. The van der Waals surface area contributed by atoms with E-state index in [9.17, 15) is 5.26 Å². The molecular weight excluding hydrogens is 280 g/mol. The van der Waals surface area contributed by atoms with Gasteiger partial charge in [-0.2, -0.15) is 5.26 Å². The minimum Gasteiger partial charge on any atom is -0.295 e. The predicted octanol–water partition coefficient (Wildman–Crippen LogP) is 4.35. The van der Waals surface area contributed by atoms with Crippen molar-refractivity contribution in [3.05, 3.63) is 70.8 Å². The van der Waals surface area contributed by atoms with E-state index >= 15 is 0 Å². The summed E-state index contributed by atoms with van der Waals surface area (Å²) in [4.78, 5) is 0. The van der Waals surface area contributed by atoms with Crippen LogP contribution in [0.1, 0.15) is 48.4 Å². The van der Waals surface area contributed by atoms with Crippen LogP contribution >= 0.6 is 0 Å². The lowest BCUT2D eigenvalue weighted by atomic mass is 9.77. The number of benzene rings is 2. The molecule has 0 aliphatic heterocycles. The molecule has 2 aromatic carbocycles. The molecule has 2 nitrogen and oxygen atoms in total. The Morgan fingerprint density at radius 3 is 2.61 bits per heavy atom. The summed E-state index contributed by atoms with van der Waals surface area (Å²) in [5.74, 6) is 0.524. The summed E-state index contributed by atoms with van der Waals surface area (Å²) in [6.07, 6.45) is 2.65. The van der Waals surface area contributed by atoms with Crippen LogP contribution in [0.5, 0.6) is 0 Å². The van der Waals surface area contributed by atoms with E-state index in [1.54, 1.807) is 0 Å².